The minimum Gasteiger partial charge on any atom is -0.508 e. The molecule has 1 N–H and O–H groups in total. The molecule has 1 fully saturated rings. The molecule has 1 saturated carbocycles. The third-order valence-corrected chi connectivity index (χ3v) is 4.03. The highest BCUT2D eigenvalue weighted by Crippen LogP contribution is 2.24. The average Bonchev–Trinajstić information content (AvgIpc) is 2.89. The summed E-state index contributed by atoms with van der Waals surface area (Å²) in [5, 5.41) is 10.3. The Balaban J connectivity index is 2.02. The van der Waals surface area contributed by atoms with Gasteiger partial charge >= 0.3 is 0 Å². The van der Waals surface area contributed by atoms with Crippen LogP contribution in [0.3, 0.4) is 0 Å². The van der Waals surface area contributed by atoms with E-state index < -0.39 is 0 Å². The van der Waals surface area contributed by atoms with Gasteiger partial charge in [-0.2, -0.15) is 0 Å². The van der Waals surface area contributed by atoms with E-state index in [-0.39, 0.29) is 11.7 Å². The SMILES string of the molecule is O=C(Cc1cccc(O)c1)N(CCBr)C1CCCC1. The predicted molar refractivity (Wildman–Crippen MR) is 79.6 cm³/mol. The minimum absolute atomic E-state index is 0.164. The van der Waals surface area contributed by atoms with Gasteiger partial charge < -0.3 is 10.0 Å². The zero-order chi connectivity index (χ0) is 13.7. The van der Waals surface area contributed by atoms with E-state index in [9.17, 15) is 9.90 Å². The Morgan fingerprint density at radius 2 is 2.11 bits per heavy atom. The Morgan fingerprint density at radius 1 is 1.37 bits per heavy atom. The zero-order valence-electron chi connectivity index (χ0n) is 11.0. The molecule has 0 atom stereocenters. The Hall–Kier alpha value is -1.03. The van der Waals surface area contributed by atoms with Crippen LogP contribution >= 0.6 is 15.9 Å². The van der Waals surface area contributed by atoms with Crippen molar-refractivity contribution in [1.82, 2.24) is 4.90 Å². The van der Waals surface area contributed by atoms with E-state index in [1.807, 2.05) is 11.0 Å². The molecule has 0 aromatic heterocycles. The summed E-state index contributed by atoms with van der Waals surface area (Å²) in [7, 11) is 0. The number of amides is 1. The molecule has 0 heterocycles. The van der Waals surface area contributed by atoms with Crippen molar-refractivity contribution >= 4 is 21.8 Å². The van der Waals surface area contributed by atoms with Crippen molar-refractivity contribution in [2.24, 2.45) is 0 Å². The molecule has 0 spiro atoms. The first kappa shape index (κ1) is 14.4. The van der Waals surface area contributed by atoms with Crippen molar-refractivity contribution in [2.45, 2.75) is 38.1 Å². The summed E-state index contributed by atoms with van der Waals surface area (Å²) in [5.41, 5.74) is 0.877. The molecule has 1 amide bonds. The lowest BCUT2D eigenvalue weighted by atomic mass is 10.1. The molecule has 1 aliphatic carbocycles. The van der Waals surface area contributed by atoms with E-state index in [2.05, 4.69) is 15.9 Å². The third kappa shape index (κ3) is 3.96. The Bertz CT molecular complexity index is 430. The van der Waals surface area contributed by atoms with Gasteiger partial charge in [-0.15, -0.1) is 0 Å². The van der Waals surface area contributed by atoms with Gasteiger partial charge in [-0.3, -0.25) is 4.79 Å². The van der Waals surface area contributed by atoms with E-state index >= 15 is 0 Å². The van der Waals surface area contributed by atoms with Crippen LogP contribution in [-0.4, -0.2) is 33.8 Å². The van der Waals surface area contributed by atoms with Crippen LogP contribution in [-0.2, 0) is 11.2 Å². The Kier molecular flexibility index (Phi) is 5.25. The van der Waals surface area contributed by atoms with Gasteiger partial charge in [0.1, 0.15) is 5.75 Å². The molecule has 1 aromatic carbocycles. The number of phenolic OH excluding ortho intramolecular Hbond substituents is 1. The van der Waals surface area contributed by atoms with Crippen molar-refractivity contribution in [3.05, 3.63) is 29.8 Å². The fourth-order valence-electron chi connectivity index (χ4n) is 2.76. The fourth-order valence-corrected chi connectivity index (χ4v) is 3.14. The first-order chi connectivity index (χ1) is 9.20. The number of hydrogen-bond acceptors (Lipinski definition) is 2. The van der Waals surface area contributed by atoms with E-state index in [4.69, 9.17) is 0 Å². The second-order valence-electron chi connectivity index (χ2n) is 5.06. The summed E-state index contributed by atoms with van der Waals surface area (Å²) >= 11 is 3.43. The number of aromatic hydroxyl groups is 1. The number of benzene rings is 1. The maximum Gasteiger partial charge on any atom is 0.227 e. The van der Waals surface area contributed by atoms with Crippen LogP contribution in [0.1, 0.15) is 31.2 Å². The Labute approximate surface area is 122 Å². The average molecular weight is 326 g/mol. The maximum absolute atomic E-state index is 12.4. The van der Waals surface area contributed by atoms with Crippen molar-refractivity contribution < 1.29 is 9.90 Å². The standard InChI is InChI=1S/C15H20BrNO2/c16-8-9-17(13-5-1-2-6-13)15(19)11-12-4-3-7-14(18)10-12/h3-4,7,10,13,18H,1-2,5-6,8-9,11H2. The molecule has 1 aromatic rings. The molecular weight excluding hydrogens is 306 g/mol. The lowest BCUT2D eigenvalue weighted by Gasteiger charge is -2.28. The molecule has 0 unspecified atom stereocenters. The number of halogens is 1. The molecule has 1 aliphatic rings. The van der Waals surface area contributed by atoms with E-state index in [0.29, 0.717) is 12.5 Å². The molecule has 19 heavy (non-hydrogen) atoms. The molecule has 2 rings (SSSR count). The van der Waals surface area contributed by atoms with Gasteiger partial charge in [0, 0.05) is 17.9 Å². The van der Waals surface area contributed by atoms with E-state index in [1.165, 1.54) is 12.8 Å². The normalized spacial score (nSPS) is 15.6. The topological polar surface area (TPSA) is 40.5 Å². The van der Waals surface area contributed by atoms with Gasteiger partial charge in [-0.05, 0) is 30.5 Å². The fraction of sp³-hybridized carbons (Fsp3) is 0.533. The zero-order valence-corrected chi connectivity index (χ0v) is 12.6. The minimum atomic E-state index is 0.164. The van der Waals surface area contributed by atoms with Gasteiger partial charge in [0.05, 0.1) is 6.42 Å². The van der Waals surface area contributed by atoms with Gasteiger partial charge in [0.15, 0.2) is 0 Å². The van der Waals surface area contributed by atoms with Crippen LogP contribution in [0.2, 0.25) is 0 Å². The lowest BCUT2D eigenvalue weighted by molar-refractivity contribution is -0.132. The summed E-state index contributed by atoms with van der Waals surface area (Å²) in [4.78, 5) is 14.4. The van der Waals surface area contributed by atoms with Crippen LogP contribution in [0.25, 0.3) is 0 Å². The van der Waals surface area contributed by atoms with Gasteiger partial charge in [0.2, 0.25) is 5.91 Å². The van der Waals surface area contributed by atoms with Crippen molar-refractivity contribution in [1.29, 1.82) is 0 Å². The van der Waals surface area contributed by atoms with Crippen LogP contribution in [0.5, 0.6) is 5.75 Å². The predicted octanol–water partition coefficient (Wildman–Crippen LogP) is 3.10. The van der Waals surface area contributed by atoms with Crippen molar-refractivity contribution in [2.75, 3.05) is 11.9 Å². The number of carbonyl (C=O) groups excluding carboxylic acids is 1. The van der Waals surface area contributed by atoms with E-state index in [0.717, 1.165) is 30.3 Å². The van der Waals surface area contributed by atoms with Crippen LogP contribution in [0.15, 0.2) is 24.3 Å². The highest BCUT2D eigenvalue weighted by Gasteiger charge is 2.25. The number of rotatable bonds is 5. The molecule has 4 heteroatoms. The molecule has 3 nitrogen and oxygen atoms in total. The molecule has 0 aliphatic heterocycles. The molecule has 104 valence electrons. The van der Waals surface area contributed by atoms with Gasteiger partial charge in [-0.1, -0.05) is 40.9 Å². The highest BCUT2D eigenvalue weighted by molar-refractivity contribution is 9.09. The van der Waals surface area contributed by atoms with Crippen molar-refractivity contribution in [3.63, 3.8) is 0 Å². The Morgan fingerprint density at radius 3 is 2.74 bits per heavy atom. The molecule has 0 saturated heterocycles. The first-order valence-corrected chi connectivity index (χ1v) is 7.96. The monoisotopic (exact) mass is 325 g/mol. The number of nitrogens with zero attached hydrogens (tertiary/aromatic N) is 1. The highest BCUT2D eigenvalue weighted by atomic mass is 79.9. The smallest absolute Gasteiger partial charge is 0.227 e. The molecular formula is C15H20BrNO2. The quantitative estimate of drug-likeness (QED) is 0.845. The van der Waals surface area contributed by atoms with Crippen molar-refractivity contribution in [3.8, 4) is 5.75 Å². The first-order valence-electron chi connectivity index (χ1n) is 6.84. The molecule has 0 radical (unpaired) electrons. The molecule has 0 bridgehead atoms. The largest absolute Gasteiger partial charge is 0.508 e. The van der Waals surface area contributed by atoms with Crippen LogP contribution in [0, 0.1) is 0 Å². The second kappa shape index (κ2) is 6.94. The summed E-state index contributed by atoms with van der Waals surface area (Å²) in [6, 6.07) is 7.36. The second-order valence-corrected chi connectivity index (χ2v) is 5.85. The summed E-state index contributed by atoms with van der Waals surface area (Å²) in [5.74, 6) is 0.384. The summed E-state index contributed by atoms with van der Waals surface area (Å²) in [6.07, 6.45) is 5.07. The summed E-state index contributed by atoms with van der Waals surface area (Å²) in [6.45, 7) is 0.766. The lowest BCUT2D eigenvalue weighted by Crippen LogP contribution is -2.41. The van der Waals surface area contributed by atoms with Crippen LogP contribution < -0.4 is 0 Å². The summed E-state index contributed by atoms with van der Waals surface area (Å²) < 4.78 is 0. The third-order valence-electron chi connectivity index (χ3n) is 3.68. The maximum atomic E-state index is 12.4. The van der Waals surface area contributed by atoms with Crippen LogP contribution in [0.4, 0.5) is 0 Å². The number of carbonyl (C=O) groups is 1. The van der Waals surface area contributed by atoms with E-state index in [1.54, 1.807) is 18.2 Å². The number of phenols is 1. The van der Waals surface area contributed by atoms with Gasteiger partial charge in [0.25, 0.3) is 0 Å². The number of alkyl halides is 1. The number of hydrogen-bond donors (Lipinski definition) is 1. The van der Waals surface area contributed by atoms with Gasteiger partial charge in [-0.25, -0.2) is 0 Å².